The molecule has 1 fully saturated rings. The molecule has 33 heavy (non-hydrogen) atoms. The van der Waals surface area contributed by atoms with Crippen LogP contribution in [0.15, 0.2) is 0 Å². The van der Waals surface area contributed by atoms with Gasteiger partial charge in [0.25, 0.3) is 0 Å². The van der Waals surface area contributed by atoms with Crippen molar-refractivity contribution < 1.29 is 56.5 Å². The number of rotatable bonds is 11. The second kappa shape index (κ2) is 13.1. The summed E-state index contributed by atoms with van der Waals surface area (Å²) in [5, 5.41) is 0. The predicted molar refractivity (Wildman–Crippen MR) is 109 cm³/mol. The van der Waals surface area contributed by atoms with Gasteiger partial charge in [0.1, 0.15) is 25.8 Å². The van der Waals surface area contributed by atoms with Crippen LogP contribution in [0.3, 0.4) is 0 Å². The molecule has 1 aliphatic rings. The van der Waals surface area contributed by atoms with Crippen LogP contribution in [0.4, 0.5) is 4.39 Å². The molecule has 0 saturated carbocycles. The van der Waals surface area contributed by atoms with Crippen LogP contribution < -0.4 is 0 Å². The lowest BCUT2D eigenvalue weighted by molar-refractivity contribution is -0.915. The molecule has 1 heterocycles. The number of likely N-dealkylation sites (N-methyl/N-ethyl adjacent to an activating group) is 1. The van der Waals surface area contributed by atoms with Crippen LogP contribution in [-0.2, 0) is 47.6 Å². The summed E-state index contributed by atoms with van der Waals surface area (Å²) in [5.41, 5.74) is 0. The van der Waals surface area contributed by atoms with E-state index in [4.69, 9.17) is 34.8 Å². The number of alkyl halides is 1. The molecule has 1 saturated heterocycles. The van der Waals surface area contributed by atoms with Crippen molar-refractivity contribution in [2.24, 2.45) is 0 Å². The zero-order valence-electron chi connectivity index (χ0n) is 19.4. The highest BCUT2D eigenvalue weighted by Gasteiger charge is 2.52. The molecular formula is C21H31FNO10+. The average molecular weight is 476 g/mol. The first-order chi connectivity index (χ1) is 15.4. The maximum atomic E-state index is 13.4. The Morgan fingerprint density at radius 2 is 1.48 bits per heavy atom. The molecule has 186 valence electrons. The van der Waals surface area contributed by atoms with E-state index >= 15 is 0 Å². The fourth-order valence-electron chi connectivity index (χ4n) is 3.11. The third kappa shape index (κ3) is 9.33. The van der Waals surface area contributed by atoms with Crippen molar-refractivity contribution in [3.63, 3.8) is 0 Å². The second-order valence-electron chi connectivity index (χ2n) is 7.76. The quantitative estimate of drug-likeness (QED) is 0.133. The number of esters is 4. The molecule has 0 N–H and O–H groups in total. The largest absolute Gasteiger partial charge is 0.463 e. The fourth-order valence-corrected chi connectivity index (χ4v) is 3.11. The third-order valence-electron chi connectivity index (χ3n) is 4.62. The van der Waals surface area contributed by atoms with Gasteiger partial charge in [0, 0.05) is 27.7 Å². The zero-order valence-corrected chi connectivity index (χ0v) is 19.4. The number of nitrogens with zero attached hydrogens (tertiary/aromatic N) is 1. The smallest absolute Gasteiger partial charge is 0.303 e. The van der Waals surface area contributed by atoms with Gasteiger partial charge in [-0.25, -0.2) is 0 Å². The molecular weight excluding hydrogens is 445 g/mol. The highest BCUT2D eigenvalue weighted by atomic mass is 19.1. The molecule has 6 atom stereocenters. The molecule has 0 bridgehead atoms. The summed E-state index contributed by atoms with van der Waals surface area (Å²) < 4.78 is 45.6. The topological polar surface area (TPSA) is 124 Å². The van der Waals surface area contributed by atoms with Crippen molar-refractivity contribution in [3.8, 4) is 12.3 Å². The Bertz CT molecular complexity index is 754. The van der Waals surface area contributed by atoms with Gasteiger partial charge in [0.05, 0.1) is 13.7 Å². The van der Waals surface area contributed by atoms with E-state index in [1.807, 2.05) is 0 Å². The van der Waals surface area contributed by atoms with E-state index in [0.29, 0.717) is 0 Å². The summed E-state index contributed by atoms with van der Waals surface area (Å²) in [6, 6.07) is 0. The lowest BCUT2D eigenvalue weighted by atomic mass is 9.98. The van der Waals surface area contributed by atoms with Crippen LogP contribution in [0.25, 0.3) is 0 Å². The minimum Gasteiger partial charge on any atom is -0.463 e. The van der Waals surface area contributed by atoms with Gasteiger partial charge in [-0.3, -0.25) is 23.7 Å². The van der Waals surface area contributed by atoms with Crippen LogP contribution in [0.2, 0.25) is 0 Å². The Kier molecular flexibility index (Phi) is 11.2. The first-order valence-corrected chi connectivity index (χ1v) is 10.2. The summed E-state index contributed by atoms with van der Waals surface area (Å²) >= 11 is 0. The van der Waals surface area contributed by atoms with Gasteiger partial charge in [0.2, 0.25) is 6.80 Å². The Labute approximate surface area is 191 Å². The van der Waals surface area contributed by atoms with Gasteiger partial charge >= 0.3 is 23.9 Å². The number of hydrogen-bond donors (Lipinski definition) is 0. The summed E-state index contributed by atoms with van der Waals surface area (Å²) in [5.74, 6) is -0.473. The van der Waals surface area contributed by atoms with E-state index in [1.54, 1.807) is 7.05 Å². The Morgan fingerprint density at radius 3 is 1.97 bits per heavy atom. The predicted octanol–water partition coefficient (Wildman–Crippen LogP) is 0.0929. The highest BCUT2D eigenvalue weighted by molar-refractivity contribution is 5.68. The zero-order chi connectivity index (χ0) is 25.2. The Morgan fingerprint density at radius 1 is 0.939 bits per heavy atom. The number of carbonyl (C=O) groups is 4. The number of ether oxygens (including phenoxy) is 6. The summed E-state index contributed by atoms with van der Waals surface area (Å²) in [4.78, 5) is 46.5. The van der Waals surface area contributed by atoms with E-state index in [-0.39, 0.29) is 30.8 Å². The van der Waals surface area contributed by atoms with Crippen molar-refractivity contribution in [2.45, 2.75) is 58.4 Å². The first-order valence-electron chi connectivity index (χ1n) is 10.2. The lowest BCUT2D eigenvalue weighted by Gasteiger charge is -2.44. The second-order valence-corrected chi connectivity index (χ2v) is 7.76. The van der Waals surface area contributed by atoms with E-state index < -0.39 is 61.4 Å². The fraction of sp³-hybridized carbons (Fsp3) is 0.714. The molecule has 0 aromatic rings. The minimum atomic E-state index is -1.33. The van der Waals surface area contributed by atoms with Crippen LogP contribution in [-0.4, -0.2) is 99.2 Å². The van der Waals surface area contributed by atoms with Gasteiger partial charge in [-0.1, -0.05) is 0 Å². The molecule has 0 spiro atoms. The summed E-state index contributed by atoms with van der Waals surface area (Å²) in [7, 11) is 1.59. The molecule has 11 nitrogen and oxygen atoms in total. The molecule has 1 aliphatic heterocycles. The molecule has 1 rings (SSSR count). The lowest BCUT2D eigenvalue weighted by Crippen LogP contribution is -2.63. The summed E-state index contributed by atoms with van der Waals surface area (Å²) in [6.07, 6.45) is -1.08. The van der Waals surface area contributed by atoms with Gasteiger partial charge in [-0.15, -0.1) is 6.42 Å². The number of carbonyl (C=O) groups excluding carboxylic acids is 4. The van der Waals surface area contributed by atoms with E-state index in [2.05, 4.69) is 5.92 Å². The first kappa shape index (κ1) is 28.3. The molecule has 0 aromatic heterocycles. The maximum absolute atomic E-state index is 13.4. The number of terminal acetylenes is 1. The van der Waals surface area contributed by atoms with Crippen molar-refractivity contribution in [3.05, 3.63) is 0 Å². The molecule has 0 radical (unpaired) electrons. The highest BCUT2D eigenvalue weighted by Crippen LogP contribution is 2.30. The molecule has 12 heteroatoms. The van der Waals surface area contributed by atoms with Gasteiger partial charge in [-0.05, 0) is 5.92 Å². The number of halogens is 1. The van der Waals surface area contributed by atoms with Crippen molar-refractivity contribution in [1.82, 2.24) is 0 Å². The van der Waals surface area contributed by atoms with Crippen molar-refractivity contribution in [1.29, 1.82) is 0 Å². The molecule has 0 amide bonds. The van der Waals surface area contributed by atoms with E-state index in [0.717, 1.165) is 20.8 Å². The Balaban J connectivity index is 3.22. The normalized spacial score (nSPS) is 26.3. The number of quaternary nitrogens is 1. The van der Waals surface area contributed by atoms with Crippen LogP contribution in [0.1, 0.15) is 27.7 Å². The van der Waals surface area contributed by atoms with Crippen LogP contribution >= 0.6 is 0 Å². The number of hydrogen-bond acceptors (Lipinski definition) is 10. The van der Waals surface area contributed by atoms with Crippen LogP contribution in [0, 0.1) is 12.3 Å². The monoisotopic (exact) mass is 476 g/mol. The van der Waals surface area contributed by atoms with Gasteiger partial charge < -0.3 is 28.4 Å². The molecule has 0 aromatic carbocycles. The van der Waals surface area contributed by atoms with Crippen molar-refractivity contribution >= 4 is 23.9 Å². The van der Waals surface area contributed by atoms with E-state index in [9.17, 15) is 23.6 Å². The van der Waals surface area contributed by atoms with E-state index in [1.165, 1.54) is 6.92 Å². The minimum absolute atomic E-state index is 0.0736. The third-order valence-corrected chi connectivity index (χ3v) is 4.62. The Hall–Kier alpha value is -2.75. The van der Waals surface area contributed by atoms with Gasteiger partial charge in [-0.2, -0.15) is 4.39 Å². The molecule has 1 unspecified atom stereocenters. The molecule has 0 aliphatic carbocycles. The van der Waals surface area contributed by atoms with Gasteiger partial charge in [0.15, 0.2) is 24.6 Å². The van der Waals surface area contributed by atoms with Crippen molar-refractivity contribution in [2.75, 3.05) is 40.1 Å². The summed E-state index contributed by atoms with van der Waals surface area (Å²) in [6.45, 7) is 3.60. The standard InChI is InChI=1S/C21H31FNO10/c1-7-8-23(6,12-22)9-10-28-21-20(32-16(5)27)19(31-15(4)26)18(30-14(3)25)17(33-21)11-29-13(2)24/h1,17-21H,8-12H2,2-6H3/q+1/t17-,18-,19+,20-,21-,23?/m1/s1. The van der Waals surface area contributed by atoms with Crippen LogP contribution in [0.5, 0.6) is 0 Å². The average Bonchev–Trinajstić information content (AvgIpc) is 2.70. The SMILES string of the molecule is C#CC[N+](C)(CF)CCO[C@@H]1O[C@H](COC(C)=O)[C@@H](OC(C)=O)[C@H](OC(C)=O)[C@H]1OC(C)=O. The maximum Gasteiger partial charge on any atom is 0.303 e.